The molecule has 0 aromatic carbocycles. The molecule has 1 heteroatoms. The molecule has 0 spiro atoms. The Bertz CT molecular complexity index is 212. The molecule has 0 rings (SSSR count). The van der Waals surface area contributed by atoms with E-state index in [0.29, 0.717) is 11.5 Å². The molecule has 116 valence electrons. The van der Waals surface area contributed by atoms with E-state index in [-0.39, 0.29) is 0 Å². The SMILES string of the molecule is CCCN(CC)C(C)C(C)(CC)CCCCC(C)C. The van der Waals surface area contributed by atoms with Crippen molar-refractivity contribution >= 4 is 0 Å². The Labute approximate surface area is 123 Å². The van der Waals surface area contributed by atoms with Crippen LogP contribution in [0.25, 0.3) is 0 Å². The molecule has 0 saturated heterocycles. The molecule has 0 N–H and O–H groups in total. The van der Waals surface area contributed by atoms with Gasteiger partial charge in [0.15, 0.2) is 0 Å². The van der Waals surface area contributed by atoms with E-state index in [4.69, 9.17) is 0 Å². The van der Waals surface area contributed by atoms with Gasteiger partial charge >= 0.3 is 0 Å². The Morgan fingerprint density at radius 3 is 2.05 bits per heavy atom. The van der Waals surface area contributed by atoms with E-state index in [9.17, 15) is 0 Å². The van der Waals surface area contributed by atoms with Crippen molar-refractivity contribution in [1.29, 1.82) is 0 Å². The second-order valence-electron chi connectivity index (χ2n) is 6.95. The van der Waals surface area contributed by atoms with Crippen LogP contribution in [-0.2, 0) is 0 Å². The first-order valence-corrected chi connectivity index (χ1v) is 8.65. The Kier molecular flexibility index (Phi) is 9.78. The highest BCUT2D eigenvalue weighted by molar-refractivity contribution is 4.85. The molecule has 0 aliphatic rings. The molecule has 2 atom stereocenters. The summed E-state index contributed by atoms with van der Waals surface area (Å²) >= 11 is 0. The van der Waals surface area contributed by atoms with Crippen LogP contribution in [0.15, 0.2) is 0 Å². The molecule has 2 unspecified atom stereocenters. The van der Waals surface area contributed by atoms with Crippen molar-refractivity contribution < 1.29 is 0 Å². The van der Waals surface area contributed by atoms with Crippen LogP contribution in [0.5, 0.6) is 0 Å². The molecule has 0 saturated carbocycles. The zero-order valence-corrected chi connectivity index (χ0v) is 14.8. The maximum atomic E-state index is 2.67. The van der Waals surface area contributed by atoms with Crippen LogP contribution in [0.3, 0.4) is 0 Å². The molecule has 1 nitrogen and oxygen atoms in total. The summed E-state index contributed by atoms with van der Waals surface area (Å²) in [4.78, 5) is 2.67. The third-order valence-corrected chi connectivity index (χ3v) is 5.06. The summed E-state index contributed by atoms with van der Waals surface area (Å²) < 4.78 is 0. The van der Waals surface area contributed by atoms with Crippen LogP contribution in [0.1, 0.15) is 87.0 Å². The maximum Gasteiger partial charge on any atom is 0.0120 e. The van der Waals surface area contributed by atoms with Crippen LogP contribution in [-0.4, -0.2) is 24.0 Å². The number of hydrogen-bond acceptors (Lipinski definition) is 1. The molecule has 0 aliphatic heterocycles. The van der Waals surface area contributed by atoms with Crippen LogP contribution < -0.4 is 0 Å². The molecule has 0 bridgehead atoms. The standard InChI is InChI=1S/C18H39N/c1-8-15-19(10-3)17(6)18(7,9-2)14-12-11-13-16(4)5/h16-17H,8-15H2,1-7H3. The minimum absolute atomic E-state index is 0.488. The topological polar surface area (TPSA) is 3.24 Å². The smallest absolute Gasteiger partial charge is 0.0120 e. The second-order valence-corrected chi connectivity index (χ2v) is 6.95. The first-order valence-electron chi connectivity index (χ1n) is 8.65. The van der Waals surface area contributed by atoms with Gasteiger partial charge in [0.25, 0.3) is 0 Å². The quantitative estimate of drug-likeness (QED) is 0.432. The summed E-state index contributed by atoms with van der Waals surface area (Å²) in [6.45, 7) is 19.0. The van der Waals surface area contributed by atoms with Crippen molar-refractivity contribution in [3.63, 3.8) is 0 Å². The van der Waals surface area contributed by atoms with Gasteiger partial charge in [-0.15, -0.1) is 0 Å². The summed E-state index contributed by atoms with van der Waals surface area (Å²) in [5.74, 6) is 0.859. The van der Waals surface area contributed by atoms with Crippen molar-refractivity contribution in [2.75, 3.05) is 13.1 Å². The zero-order chi connectivity index (χ0) is 14.9. The van der Waals surface area contributed by atoms with Gasteiger partial charge in [-0.1, -0.05) is 60.8 Å². The fourth-order valence-electron chi connectivity index (χ4n) is 3.12. The first kappa shape index (κ1) is 19.0. The van der Waals surface area contributed by atoms with Gasteiger partial charge in [-0.3, -0.25) is 0 Å². The van der Waals surface area contributed by atoms with E-state index in [2.05, 4.69) is 53.4 Å². The van der Waals surface area contributed by atoms with Crippen molar-refractivity contribution in [1.82, 2.24) is 4.90 Å². The molecule has 0 aromatic rings. The van der Waals surface area contributed by atoms with E-state index in [1.165, 1.54) is 51.6 Å². The Balaban J connectivity index is 4.38. The summed E-state index contributed by atoms with van der Waals surface area (Å²) in [6, 6.07) is 0.710. The lowest BCUT2D eigenvalue weighted by Crippen LogP contribution is -2.44. The third kappa shape index (κ3) is 6.79. The monoisotopic (exact) mass is 269 g/mol. The minimum Gasteiger partial charge on any atom is -0.300 e. The highest BCUT2D eigenvalue weighted by Gasteiger charge is 2.31. The van der Waals surface area contributed by atoms with Crippen LogP contribution >= 0.6 is 0 Å². The number of hydrogen-bond donors (Lipinski definition) is 0. The van der Waals surface area contributed by atoms with Crippen molar-refractivity contribution in [2.45, 2.75) is 93.0 Å². The lowest BCUT2D eigenvalue weighted by atomic mass is 9.75. The lowest BCUT2D eigenvalue weighted by Gasteiger charge is -2.42. The Hall–Kier alpha value is -0.0400. The van der Waals surface area contributed by atoms with Crippen molar-refractivity contribution in [3.8, 4) is 0 Å². The molecule has 19 heavy (non-hydrogen) atoms. The average molecular weight is 270 g/mol. The molecule has 0 aromatic heterocycles. The van der Waals surface area contributed by atoms with Crippen molar-refractivity contribution in [3.05, 3.63) is 0 Å². The Morgan fingerprint density at radius 2 is 1.63 bits per heavy atom. The van der Waals surface area contributed by atoms with Crippen molar-refractivity contribution in [2.24, 2.45) is 11.3 Å². The number of nitrogens with zero attached hydrogens (tertiary/aromatic N) is 1. The number of rotatable bonds is 11. The molecular formula is C18H39N. The predicted molar refractivity (Wildman–Crippen MR) is 88.7 cm³/mol. The maximum absolute atomic E-state index is 2.67. The molecule has 0 amide bonds. The highest BCUT2D eigenvalue weighted by Crippen LogP contribution is 2.35. The van der Waals surface area contributed by atoms with Gasteiger partial charge in [0.05, 0.1) is 0 Å². The largest absolute Gasteiger partial charge is 0.300 e. The van der Waals surface area contributed by atoms with Gasteiger partial charge in [-0.25, -0.2) is 0 Å². The summed E-state index contributed by atoms with van der Waals surface area (Å²) in [6.07, 6.45) is 8.15. The molecular weight excluding hydrogens is 230 g/mol. The van der Waals surface area contributed by atoms with E-state index < -0.39 is 0 Å². The van der Waals surface area contributed by atoms with Crippen LogP contribution in [0.4, 0.5) is 0 Å². The molecule has 0 heterocycles. The predicted octanol–water partition coefficient (Wildman–Crippen LogP) is 5.74. The number of unbranched alkanes of at least 4 members (excludes halogenated alkanes) is 1. The fraction of sp³-hybridized carbons (Fsp3) is 1.00. The second kappa shape index (κ2) is 9.80. The minimum atomic E-state index is 0.488. The lowest BCUT2D eigenvalue weighted by molar-refractivity contribution is 0.0772. The van der Waals surface area contributed by atoms with E-state index in [1.807, 2.05) is 0 Å². The third-order valence-electron chi connectivity index (χ3n) is 5.06. The average Bonchev–Trinajstić information content (AvgIpc) is 2.39. The van der Waals surface area contributed by atoms with Gasteiger partial charge in [0, 0.05) is 6.04 Å². The van der Waals surface area contributed by atoms with E-state index in [1.54, 1.807) is 0 Å². The zero-order valence-electron chi connectivity index (χ0n) is 14.8. The fourth-order valence-corrected chi connectivity index (χ4v) is 3.12. The normalized spacial score (nSPS) is 16.9. The van der Waals surface area contributed by atoms with Crippen LogP contribution in [0.2, 0.25) is 0 Å². The van der Waals surface area contributed by atoms with E-state index in [0.717, 1.165) is 5.92 Å². The molecule has 0 aliphatic carbocycles. The van der Waals surface area contributed by atoms with Crippen LogP contribution in [0, 0.1) is 11.3 Å². The van der Waals surface area contributed by atoms with Gasteiger partial charge in [0.2, 0.25) is 0 Å². The summed E-state index contributed by atoms with van der Waals surface area (Å²) in [7, 11) is 0. The van der Waals surface area contributed by atoms with Gasteiger partial charge in [-0.2, -0.15) is 0 Å². The Morgan fingerprint density at radius 1 is 1.00 bits per heavy atom. The molecule has 0 radical (unpaired) electrons. The van der Waals surface area contributed by atoms with E-state index >= 15 is 0 Å². The molecule has 0 fully saturated rings. The summed E-state index contributed by atoms with van der Waals surface area (Å²) in [5.41, 5.74) is 0.488. The highest BCUT2D eigenvalue weighted by atomic mass is 15.2. The first-order chi connectivity index (χ1) is 8.91. The van der Waals surface area contributed by atoms with Gasteiger partial charge in [-0.05, 0) is 50.6 Å². The summed E-state index contributed by atoms with van der Waals surface area (Å²) in [5, 5.41) is 0. The van der Waals surface area contributed by atoms with Gasteiger partial charge in [0.1, 0.15) is 0 Å². The van der Waals surface area contributed by atoms with Gasteiger partial charge < -0.3 is 4.90 Å².